The normalized spacial score (nSPS) is 9.31. The van der Waals surface area contributed by atoms with E-state index in [2.05, 4.69) is 0 Å². The lowest BCUT2D eigenvalue weighted by Gasteiger charge is -2.04. The Hall–Kier alpha value is -1.56. The van der Waals surface area contributed by atoms with Gasteiger partial charge in [-0.1, -0.05) is 6.92 Å². The van der Waals surface area contributed by atoms with E-state index in [1.54, 1.807) is 0 Å². The largest absolute Gasteiger partial charge is 0.493 e. The van der Waals surface area contributed by atoms with Crippen molar-refractivity contribution in [1.82, 2.24) is 0 Å². The van der Waals surface area contributed by atoms with Crippen LogP contribution in [0.5, 0.6) is 5.75 Å². The Kier molecular flexibility index (Phi) is 3.27. The summed E-state index contributed by atoms with van der Waals surface area (Å²) in [4.78, 5) is 0. The van der Waals surface area contributed by atoms with Crippen molar-refractivity contribution in [2.45, 2.75) is 13.3 Å². The van der Waals surface area contributed by atoms with E-state index in [4.69, 9.17) is 10.00 Å². The smallest absolute Gasteiger partial charge is 0.128 e. The Balaban J connectivity index is 2.83. The van der Waals surface area contributed by atoms with Crippen LogP contribution in [0.25, 0.3) is 0 Å². The topological polar surface area (TPSA) is 33.0 Å². The van der Waals surface area contributed by atoms with E-state index in [1.165, 1.54) is 18.2 Å². The van der Waals surface area contributed by atoms with E-state index in [0.29, 0.717) is 12.4 Å². The third kappa shape index (κ3) is 2.75. The van der Waals surface area contributed by atoms with Gasteiger partial charge in [0.1, 0.15) is 11.6 Å². The molecule has 0 aliphatic rings. The van der Waals surface area contributed by atoms with Gasteiger partial charge in [-0.05, 0) is 18.6 Å². The van der Waals surface area contributed by atoms with Crippen LogP contribution in [0.15, 0.2) is 18.2 Å². The summed E-state index contributed by atoms with van der Waals surface area (Å²) in [5, 5.41) is 8.54. The highest BCUT2D eigenvalue weighted by Crippen LogP contribution is 2.15. The number of hydrogen-bond donors (Lipinski definition) is 0. The molecule has 0 atom stereocenters. The summed E-state index contributed by atoms with van der Waals surface area (Å²) in [6.45, 7) is 2.50. The van der Waals surface area contributed by atoms with Gasteiger partial charge in [-0.15, -0.1) is 0 Å². The van der Waals surface area contributed by atoms with Crippen molar-refractivity contribution >= 4 is 0 Å². The molecule has 0 fully saturated rings. The number of hydrogen-bond acceptors (Lipinski definition) is 2. The Bertz CT molecular complexity index is 330. The molecule has 0 N–H and O–H groups in total. The second kappa shape index (κ2) is 4.46. The summed E-state index contributed by atoms with van der Waals surface area (Å²) in [5.74, 6) is -0.0245. The minimum Gasteiger partial charge on any atom is -0.493 e. The van der Waals surface area contributed by atoms with Crippen LogP contribution in [-0.2, 0) is 0 Å². The number of rotatable bonds is 3. The molecule has 0 aliphatic carbocycles. The maximum atomic E-state index is 12.8. The SMILES string of the molecule is CCCOc1cc(F)cc(C#N)c1. The summed E-state index contributed by atoms with van der Waals surface area (Å²) >= 11 is 0. The van der Waals surface area contributed by atoms with E-state index in [0.717, 1.165) is 6.42 Å². The van der Waals surface area contributed by atoms with Crippen LogP contribution in [0.2, 0.25) is 0 Å². The maximum absolute atomic E-state index is 12.8. The Morgan fingerprint density at radius 1 is 1.46 bits per heavy atom. The van der Waals surface area contributed by atoms with Gasteiger partial charge >= 0.3 is 0 Å². The molecule has 0 saturated carbocycles. The zero-order valence-corrected chi connectivity index (χ0v) is 7.38. The van der Waals surface area contributed by atoms with Crippen LogP contribution in [0.1, 0.15) is 18.9 Å². The fraction of sp³-hybridized carbons (Fsp3) is 0.300. The molecule has 68 valence electrons. The van der Waals surface area contributed by atoms with Gasteiger partial charge in [0.15, 0.2) is 0 Å². The first kappa shape index (κ1) is 9.53. The van der Waals surface area contributed by atoms with E-state index < -0.39 is 5.82 Å². The minimum absolute atomic E-state index is 0.283. The molecule has 0 unspecified atom stereocenters. The van der Waals surface area contributed by atoms with Crippen LogP contribution >= 0.6 is 0 Å². The van der Waals surface area contributed by atoms with Crippen molar-refractivity contribution in [3.8, 4) is 11.8 Å². The van der Waals surface area contributed by atoms with Gasteiger partial charge in [-0.3, -0.25) is 0 Å². The van der Waals surface area contributed by atoms with Crippen molar-refractivity contribution in [2.75, 3.05) is 6.61 Å². The molecule has 2 nitrogen and oxygen atoms in total. The Morgan fingerprint density at radius 3 is 2.85 bits per heavy atom. The number of nitriles is 1. The fourth-order valence-corrected chi connectivity index (χ4v) is 0.931. The molecule has 0 saturated heterocycles. The van der Waals surface area contributed by atoms with Crippen molar-refractivity contribution in [2.24, 2.45) is 0 Å². The number of nitrogens with zero attached hydrogens (tertiary/aromatic N) is 1. The second-order valence-electron chi connectivity index (χ2n) is 2.64. The average Bonchev–Trinajstić information content (AvgIpc) is 2.14. The van der Waals surface area contributed by atoms with Crippen LogP contribution < -0.4 is 4.74 Å². The first-order valence-electron chi connectivity index (χ1n) is 4.09. The fourth-order valence-electron chi connectivity index (χ4n) is 0.931. The van der Waals surface area contributed by atoms with Gasteiger partial charge in [-0.25, -0.2) is 4.39 Å². The first-order valence-corrected chi connectivity index (χ1v) is 4.09. The quantitative estimate of drug-likeness (QED) is 0.714. The number of halogens is 1. The van der Waals surface area contributed by atoms with E-state index >= 15 is 0 Å². The lowest BCUT2D eigenvalue weighted by molar-refractivity contribution is 0.315. The highest BCUT2D eigenvalue weighted by Gasteiger charge is 2.00. The summed E-state index contributed by atoms with van der Waals surface area (Å²) < 4.78 is 18.0. The molecule has 0 bridgehead atoms. The predicted octanol–water partition coefficient (Wildman–Crippen LogP) is 2.49. The summed E-state index contributed by atoms with van der Waals surface area (Å²) in [6.07, 6.45) is 0.860. The average molecular weight is 179 g/mol. The molecule has 3 heteroatoms. The molecular weight excluding hydrogens is 169 g/mol. The van der Waals surface area contributed by atoms with E-state index in [1.807, 2.05) is 13.0 Å². The summed E-state index contributed by atoms with van der Waals surface area (Å²) in [5.41, 5.74) is 0.283. The van der Waals surface area contributed by atoms with Crippen LogP contribution in [-0.4, -0.2) is 6.61 Å². The highest BCUT2D eigenvalue weighted by atomic mass is 19.1. The highest BCUT2D eigenvalue weighted by molar-refractivity contribution is 5.36. The van der Waals surface area contributed by atoms with Gasteiger partial charge in [0.2, 0.25) is 0 Å². The molecule has 0 heterocycles. The lowest BCUT2D eigenvalue weighted by Crippen LogP contribution is -1.95. The Morgan fingerprint density at radius 2 is 2.23 bits per heavy atom. The maximum Gasteiger partial charge on any atom is 0.128 e. The summed E-state index contributed by atoms with van der Waals surface area (Å²) in [6, 6.07) is 5.84. The third-order valence-electron chi connectivity index (χ3n) is 1.47. The number of benzene rings is 1. The third-order valence-corrected chi connectivity index (χ3v) is 1.47. The second-order valence-corrected chi connectivity index (χ2v) is 2.64. The molecule has 1 aromatic carbocycles. The van der Waals surface area contributed by atoms with Crippen LogP contribution in [0.3, 0.4) is 0 Å². The molecular formula is C10H10FNO. The van der Waals surface area contributed by atoms with Gasteiger partial charge < -0.3 is 4.74 Å². The van der Waals surface area contributed by atoms with E-state index in [-0.39, 0.29) is 5.56 Å². The van der Waals surface area contributed by atoms with E-state index in [9.17, 15) is 4.39 Å². The van der Waals surface area contributed by atoms with Gasteiger partial charge in [0.25, 0.3) is 0 Å². The first-order chi connectivity index (χ1) is 6.26. The summed E-state index contributed by atoms with van der Waals surface area (Å²) in [7, 11) is 0. The molecule has 0 aliphatic heterocycles. The molecule has 1 aromatic rings. The van der Waals surface area contributed by atoms with Crippen LogP contribution in [0, 0.1) is 17.1 Å². The molecule has 0 spiro atoms. The molecule has 13 heavy (non-hydrogen) atoms. The van der Waals surface area contributed by atoms with Crippen molar-refractivity contribution in [3.05, 3.63) is 29.6 Å². The standard InChI is InChI=1S/C10H10FNO/c1-2-3-13-10-5-8(7-12)4-9(11)6-10/h4-6H,2-3H2,1H3. The van der Waals surface area contributed by atoms with Crippen molar-refractivity contribution < 1.29 is 9.13 Å². The van der Waals surface area contributed by atoms with Crippen molar-refractivity contribution in [3.63, 3.8) is 0 Å². The zero-order valence-electron chi connectivity index (χ0n) is 7.38. The molecule has 1 rings (SSSR count). The van der Waals surface area contributed by atoms with Gasteiger partial charge in [-0.2, -0.15) is 5.26 Å². The zero-order chi connectivity index (χ0) is 9.68. The minimum atomic E-state index is -0.440. The van der Waals surface area contributed by atoms with Crippen LogP contribution in [0.4, 0.5) is 4.39 Å². The predicted molar refractivity (Wildman–Crippen MR) is 46.9 cm³/mol. The molecule has 0 amide bonds. The number of ether oxygens (including phenoxy) is 1. The van der Waals surface area contributed by atoms with Gasteiger partial charge in [0.05, 0.1) is 18.2 Å². The monoisotopic (exact) mass is 179 g/mol. The molecule has 0 radical (unpaired) electrons. The lowest BCUT2D eigenvalue weighted by atomic mass is 10.2. The van der Waals surface area contributed by atoms with Crippen molar-refractivity contribution in [1.29, 1.82) is 5.26 Å². The molecule has 0 aromatic heterocycles. The Labute approximate surface area is 76.6 Å². The van der Waals surface area contributed by atoms with Gasteiger partial charge in [0, 0.05) is 6.07 Å².